The summed E-state index contributed by atoms with van der Waals surface area (Å²) in [6.07, 6.45) is 0. The van der Waals surface area contributed by atoms with Crippen LogP contribution >= 0.6 is 0 Å². The third-order valence-corrected chi connectivity index (χ3v) is 2.45. The van der Waals surface area contributed by atoms with Crippen molar-refractivity contribution >= 4 is 11.6 Å². The van der Waals surface area contributed by atoms with Crippen LogP contribution < -0.4 is 5.32 Å². The number of nitrogens with one attached hydrogen (secondary N) is 1. The van der Waals surface area contributed by atoms with Crippen LogP contribution in [0.3, 0.4) is 0 Å². The molecule has 0 aromatic heterocycles. The Bertz CT molecular complexity index is 596. The lowest BCUT2D eigenvalue weighted by Crippen LogP contribution is -2.13. The van der Waals surface area contributed by atoms with Crippen molar-refractivity contribution in [3.8, 4) is 0 Å². The van der Waals surface area contributed by atoms with Crippen molar-refractivity contribution in [3.63, 3.8) is 0 Å². The van der Waals surface area contributed by atoms with E-state index in [1.54, 1.807) is 13.0 Å². The summed E-state index contributed by atoms with van der Waals surface area (Å²) in [7, 11) is 0. The van der Waals surface area contributed by atoms with Crippen LogP contribution in [0, 0.1) is 18.6 Å². The molecule has 1 N–H and O–H groups in total. The van der Waals surface area contributed by atoms with Crippen molar-refractivity contribution < 1.29 is 13.6 Å². The van der Waals surface area contributed by atoms with Gasteiger partial charge in [-0.2, -0.15) is 0 Å². The first-order chi connectivity index (χ1) is 8.56. The Balaban J connectivity index is 2.22. The van der Waals surface area contributed by atoms with Gasteiger partial charge in [-0.25, -0.2) is 8.78 Å². The summed E-state index contributed by atoms with van der Waals surface area (Å²) < 4.78 is 26.5. The summed E-state index contributed by atoms with van der Waals surface area (Å²) >= 11 is 0. The lowest BCUT2D eigenvalue weighted by atomic mass is 10.1. The zero-order valence-electron chi connectivity index (χ0n) is 9.71. The van der Waals surface area contributed by atoms with Crippen molar-refractivity contribution in [1.29, 1.82) is 0 Å². The molecule has 1 amide bonds. The van der Waals surface area contributed by atoms with E-state index >= 15 is 0 Å². The molecule has 0 aliphatic carbocycles. The average Bonchev–Trinajstić information content (AvgIpc) is 2.28. The number of anilines is 1. The van der Waals surface area contributed by atoms with Gasteiger partial charge in [0.05, 0.1) is 5.56 Å². The van der Waals surface area contributed by atoms with Crippen molar-refractivity contribution in [2.45, 2.75) is 6.92 Å². The monoisotopic (exact) mass is 247 g/mol. The van der Waals surface area contributed by atoms with Crippen LogP contribution in [0.4, 0.5) is 14.5 Å². The molecular weight excluding hydrogens is 236 g/mol. The molecule has 0 fully saturated rings. The number of halogens is 2. The first-order valence-electron chi connectivity index (χ1n) is 5.39. The molecule has 4 heteroatoms. The maximum Gasteiger partial charge on any atom is 0.258 e. The first-order valence-corrected chi connectivity index (χ1v) is 5.39. The highest BCUT2D eigenvalue weighted by molar-refractivity contribution is 6.04. The van der Waals surface area contributed by atoms with E-state index in [1.165, 1.54) is 36.4 Å². The van der Waals surface area contributed by atoms with E-state index in [0.29, 0.717) is 5.69 Å². The molecular formula is C14H11F2NO. The Morgan fingerprint density at radius 1 is 1.11 bits per heavy atom. The molecule has 92 valence electrons. The Morgan fingerprint density at radius 3 is 2.56 bits per heavy atom. The molecule has 0 bridgehead atoms. The maximum absolute atomic E-state index is 13.5. The molecule has 0 atom stereocenters. The van der Waals surface area contributed by atoms with Gasteiger partial charge < -0.3 is 5.32 Å². The molecule has 0 aliphatic rings. The Kier molecular flexibility index (Phi) is 3.37. The number of aryl methyl sites for hydroxylation is 1. The zero-order valence-corrected chi connectivity index (χ0v) is 9.71. The van der Waals surface area contributed by atoms with E-state index < -0.39 is 17.5 Å². The van der Waals surface area contributed by atoms with E-state index in [1.807, 2.05) is 0 Å². The van der Waals surface area contributed by atoms with Crippen LogP contribution in [-0.4, -0.2) is 5.91 Å². The summed E-state index contributed by atoms with van der Waals surface area (Å²) in [4.78, 5) is 11.8. The number of amides is 1. The van der Waals surface area contributed by atoms with Gasteiger partial charge in [-0.05, 0) is 42.8 Å². The summed E-state index contributed by atoms with van der Waals surface area (Å²) in [6.45, 7) is 1.73. The predicted octanol–water partition coefficient (Wildman–Crippen LogP) is 3.53. The standard InChI is InChI=1S/C14H11F2NO/c1-9-5-6-12(13(16)7-9)14(18)17-11-4-2-3-10(15)8-11/h2-8H,1H3,(H,17,18). The second-order valence-corrected chi connectivity index (χ2v) is 3.95. The number of hydrogen-bond donors (Lipinski definition) is 1. The molecule has 0 unspecified atom stereocenters. The second-order valence-electron chi connectivity index (χ2n) is 3.95. The minimum atomic E-state index is -0.599. The minimum absolute atomic E-state index is 0.0649. The topological polar surface area (TPSA) is 29.1 Å². The van der Waals surface area contributed by atoms with Gasteiger partial charge in [0.1, 0.15) is 11.6 Å². The van der Waals surface area contributed by atoms with E-state index in [-0.39, 0.29) is 5.56 Å². The van der Waals surface area contributed by atoms with E-state index in [2.05, 4.69) is 5.32 Å². The van der Waals surface area contributed by atoms with Gasteiger partial charge in [0.15, 0.2) is 0 Å². The smallest absolute Gasteiger partial charge is 0.258 e. The summed E-state index contributed by atoms with van der Waals surface area (Å²) in [5, 5.41) is 2.44. The zero-order chi connectivity index (χ0) is 13.1. The second kappa shape index (κ2) is 4.96. The van der Waals surface area contributed by atoms with Gasteiger partial charge in [0.25, 0.3) is 5.91 Å². The van der Waals surface area contributed by atoms with Crippen molar-refractivity contribution in [1.82, 2.24) is 0 Å². The summed E-state index contributed by atoms with van der Waals surface area (Å²) in [5.74, 6) is -1.65. The molecule has 0 spiro atoms. The normalized spacial score (nSPS) is 10.2. The van der Waals surface area contributed by atoms with E-state index in [9.17, 15) is 13.6 Å². The van der Waals surface area contributed by atoms with Crippen LogP contribution in [0.25, 0.3) is 0 Å². The highest BCUT2D eigenvalue weighted by atomic mass is 19.1. The molecule has 0 saturated carbocycles. The molecule has 0 heterocycles. The molecule has 0 saturated heterocycles. The Morgan fingerprint density at radius 2 is 1.89 bits per heavy atom. The van der Waals surface area contributed by atoms with Gasteiger partial charge in [-0.3, -0.25) is 4.79 Å². The van der Waals surface area contributed by atoms with Gasteiger partial charge in [-0.15, -0.1) is 0 Å². The Hall–Kier alpha value is -2.23. The number of hydrogen-bond acceptors (Lipinski definition) is 1. The molecule has 2 rings (SSSR count). The molecule has 2 aromatic rings. The average molecular weight is 247 g/mol. The Labute approximate surface area is 103 Å². The largest absolute Gasteiger partial charge is 0.322 e. The molecule has 0 aliphatic heterocycles. The molecule has 2 aromatic carbocycles. The third-order valence-electron chi connectivity index (χ3n) is 2.45. The van der Waals surface area contributed by atoms with Crippen LogP contribution in [-0.2, 0) is 0 Å². The minimum Gasteiger partial charge on any atom is -0.322 e. The lowest BCUT2D eigenvalue weighted by Gasteiger charge is -2.06. The first kappa shape index (κ1) is 12.2. The third kappa shape index (κ3) is 2.71. The predicted molar refractivity (Wildman–Crippen MR) is 65.5 cm³/mol. The van der Waals surface area contributed by atoms with Crippen molar-refractivity contribution in [2.24, 2.45) is 0 Å². The van der Waals surface area contributed by atoms with Crippen molar-refractivity contribution in [2.75, 3.05) is 5.32 Å². The summed E-state index contributed by atoms with van der Waals surface area (Å²) in [5.41, 5.74) is 0.958. The highest BCUT2D eigenvalue weighted by Gasteiger charge is 2.11. The van der Waals surface area contributed by atoms with Crippen LogP contribution in [0.1, 0.15) is 15.9 Å². The highest BCUT2D eigenvalue weighted by Crippen LogP contribution is 2.14. The van der Waals surface area contributed by atoms with Gasteiger partial charge in [0, 0.05) is 5.69 Å². The number of carbonyl (C=O) groups excluding carboxylic acids is 1. The van der Waals surface area contributed by atoms with E-state index in [4.69, 9.17) is 0 Å². The fourth-order valence-electron chi connectivity index (χ4n) is 1.57. The fourth-order valence-corrected chi connectivity index (χ4v) is 1.57. The van der Waals surface area contributed by atoms with Crippen molar-refractivity contribution in [3.05, 3.63) is 65.2 Å². The SMILES string of the molecule is Cc1ccc(C(=O)Nc2cccc(F)c2)c(F)c1. The summed E-state index contributed by atoms with van der Waals surface area (Å²) in [6, 6.07) is 9.76. The van der Waals surface area contributed by atoms with E-state index in [0.717, 1.165) is 5.56 Å². The van der Waals surface area contributed by atoms with Gasteiger partial charge in [0.2, 0.25) is 0 Å². The van der Waals surface area contributed by atoms with Gasteiger partial charge in [-0.1, -0.05) is 12.1 Å². The maximum atomic E-state index is 13.5. The quantitative estimate of drug-likeness (QED) is 0.864. The van der Waals surface area contributed by atoms with Crippen LogP contribution in [0.15, 0.2) is 42.5 Å². The molecule has 18 heavy (non-hydrogen) atoms. The molecule has 0 radical (unpaired) electrons. The van der Waals surface area contributed by atoms with Crippen LogP contribution in [0.2, 0.25) is 0 Å². The lowest BCUT2D eigenvalue weighted by molar-refractivity contribution is 0.102. The van der Waals surface area contributed by atoms with Gasteiger partial charge >= 0.3 is 0 Å². The van der Waals surface area contributed by atoms with Crippen LogP contribution in [0.5, 0.6) is 0 Å². The molecule has 2 nitrogen and oxygen atoms in total. The number of carbonyl (C=O) groups is 1. The number of benzene rings is 2. The fraction of sp³-hybridized carbons (Fsp3) is 0.0714. The number of rotatable bonds is 2.